The summed E-state index contributed by atoms with van der Waals surface area (Å²) >= 11 is 0. The minimum absolute atomic E-state index is 0.0438. The van der Waals surface area contributed by atoms with Crippen molar-refractivity contribution in [3.8, 4) is 17.3 Å². The highest BCUT2D eigenvalue weighted by Crippen LogP contribution is 2.39. The van der Waals surface area contributed by atoms with Gasteiger partial charge in [-0.15, -0.1) is 0 Å². The smallest absolute Gasteiger partial charge is 0.254 e. The number of amides is 1. The summed E-state index contributed by atoms with van der Waals surface area (Å²) in [7, 11) is 2.01. The highest BCUT2D eigenvalue weighted by molar-refractivity contribution is 6.01. The highest BCUT2D eigenvalue weighted by Gasteiger charge is 2.29. The third-order valence-electron chi connectivity index (χ3n) is 7.53. The van der Waals surface area contributed by atoms with Crippen molar-refractivity contribution in [1.29, 1.82) is 0 Å². The van der Waals surface area contributed by atoms with E-state index in [1.165, 1.54) is 12.8 Å². The molecule has 0 unspecified atom stereocenters. The van der Waals surface area contributed by atoms with Crippen molar-refractivity contribution >= 4 is 27.8 Å². The number of imidazole rings is 1. The van der Waals surface area contributed by atoms with Gasteiger partial charge in [0.05, 0.1) is 34.9 Å². The number of carbonyl (C=O) groups is 1. The summed E-state index contributed by atoms with van der Waals surface area (Å²) < 4.78 is 23.3. The second-order valence-corrected chi connectivity index (χ2v) is 10.3. The molecule has 3 N–H and O–H groups in total. The number of carbonyl (C=O) groups excluding carboxylic acids is 1. The molecule has 1 saturated carbocycles. The van der Waals surface area contributed by atoms with Gasteiger partial charge in [-0.1, -0.05) is 12.1 Å². The summed E-state index contributed by atoms with van der Waals surface area (Å²) in [5.41, 5.74) is 11.1. The Kier molecular flexibility index (Phi) is 6.12. The number of para-hydroxylation sites is 1. The number of benzene rings is 2. The van der Waals surface area contributed by atoms with Crippen molar-refractivity contribution < 1.29 is 19.0 Å². The van der Waals surface area contributed by atoms with Crippen LogP contribution in [-0.2, 0) is 20.0 Å². The Morgan fingerprint density at radius 2 is 2.11 bits per heavy atom. The van der Waals surface area contributed by atoms with Crippen LogP contribution in [0.3, 0.4) is 0 Å². The van der Waals surface area contributed by atoms with E-state index < -0.39 is 12.7 Å². The Morgan fingerprint density at radius 1 is 1.27 bits per heavy atom. The molecule has 6 rings (SSSR count). The van der Waals surface area contributed by atoms with Crippen LogP contribution in [0, 0.1) is 5.92 Å². The molecule has 4 aromatic rings. The largest absolute Gasteiger partial charge is 0.489 e. The molecule has 1 amide bonds. The molecule has 2 aliphatic rings. The van der Waals surface area contributed by atoms with Crippen molar-refractivity contribution in [1.82, 2.24) is 19.0 Å². The van der Waals surface area contributed by atoms with Crippen molar-refractivity contribution in [3.05, 3.63) is 47.5 Å². The molecule has 0 saturated heterocycles. The summed E-state index contributed by atoms with van der Waals surface area (Å²) in [6.45, 7) is 1.16. The fourth-order valence-electron chi connectivity index (χ4n) is 5.45. The molecule has 8 nitrogen and oxygen atoms in total. The van der Waals surface area contributed by atoms with E-state index in [2.05, 4.69) is 27.3 Å². The monoisotopic (exact) mass is 505 g/mol. The molecule has 0 spiro atoms. The van der Waals surface area contributed by atoms with E-state index in [0.717, 1.165) is 51.3 Å². The summed E-state index contributed by atoms with van der Waals surface area (Å²) in [5.74, 6) is 2.09. The van der Waals surface area contributed by atoms with E-state index in [0.29, 0.717) is 24.4 Å². The van der Waals surface area contributed by atoms with E-state index in [9.17, 15) is 14.3 Å². The third-order valence-corrected chi connectivity index (χ3v) is 7.53. The first-order valence-electron chi connectivity index (χ1n) is 12.9. The predicted molar refractivity (Wildman–Crippen MR) is 141 cm³/mol. The van der Waals surface area contributed by atoms with Crippen LogP contribution in [0.1, 0.15) is 28.8 Å². The van der Waals surface area contributed by atoms with Crippen LogP contribution in [-0.4, -0.2) is 69.1 Å². The lowest BCUT2D eigenvalue weighted by atomic mass is 9.97. The number of nitrogens with two attached hydrogens (primary N) is 1. The van der Waals surface area contributed by atoms with E-state index >= 15 is 0 Å². The Balaban J connectivity index is 1.45. The molecule has 0 radical (unpaired) electrons. The van der Waals surface area contributed by atoms with Gasteiger partial charge in [-0.2, -0.15) is 0 Å². The second kappa shape index (κ2) is 9.46. The number of alkyl halides is 1. The minimum Gasteiger partial charge on any atom is -0.489 e. The fourth-order valence-corrected chi connectivity index (χ4v) is 5.45. The van der Waals surface area contributed by atoms with Gasteiger partial charge in [-0.05, 0) is 55.0 Å². The Bertz CT molecular complexity index is 1490. The average Bonchev–Trinajstić information content (AvgIpc) is 3.58. The van der Waals surface area contributed by atoms with Crippen molar-refractivity contribution in [2.75, 3.05) is 33.0 Å². The normalized spacial score (nSPS) is 16.5. The maximum atomic E-state index is 13.2. The highest BCUT2D eigenvalue weighted by atomic mass is 19.1. The summed E-state index contributed by atoms with van der Waals surface area (Å²) in [4.78, 5) is 19.8. The molecule has 9 heteroatoms. The Morgan fingerprint density at radius 3 is 2.86 bits per heavy atom. The lowest BCUT2D eigenvalue weighted by molar-refractivity contribution is 0.0725. The fraction of sp³-hybridized carbons (Fsp3) is 0.429. The van der Waals surface area contributed by atoms with Gasteiger partial charge in [0.15, 0.2) is 5.82 Å². The van der Waals surface area contributed by atoms with Gasteiger partial charge in [0.1, 0.15) is 19.0 Å². The van der Waals surface area contributed by atoms with Gasteiger partial charge in [0, 0.05) is 37.6 Å². The van der Waals surface area contributed by atoms with Crippen molar-refractivity contribution in [3.63, 3.8) is 0 Å². The molecule has 1 aliphatic carbocycles. The summed E-state index contributed by atoms with van der Waals surface area (Å²) in [6.07, 6.45) is 3.11. The number of hydrogen-bond donors (Lipinski definition) is 2. The molecule has 2 aromatic heterocycles. The first kappa shape index (κ1) is 23.9. The number of ether oxygens (including phenoxy) is 1. The molecule has 1 atom stereocenters. The zero-order valence-electron chi connectivity index (χ0n) is 21.0. The van der Waals surface area contributed by atoms with Crippen LogP contribution in [0.15, 0.2) is 36.4 Å². The average molecular weight is 506 g/mol. The van der Waals surface area contributed by atoms with Crippen LogP contribution in [0.25, 0.3) is 33.5 Å². The second-order valence-electron chi connectivity index (χ2n) is 10.3. The molecule has 3 heterocycles. The first-order chi connectivity index (χ1) is 18.0. The molecule has 194 valence electrons. The van der Waals surface area contributed by atoms with Crippen LogP contribution in [0.2, 0.25) is 0 Å². The predicted octanol–water partition coefficient (Wildman–Crippen LogP) is 3.27. The lowest BCUT2D eigenvalue weighted by Crippen LogP contribution is -2.45. The molecular formula is C28H32FN5O3. The SMILES string of the molecule is Cn1c(-c2cc3cccc(OCCO)c3n2CC2CC2)nc2cc3c(cc21)CCN(C[C@H](N)CF)C3=O. The molecule has 0 bridgehead atoms. The van der Waals surface area contributed by atoms with E-state index in [1.54, 1.807) is 4.90 Å². The van der Waals surface area contributed by atoms with Gasteiger partial charge >= 0.3 is 0 Å². The number of nitrogens with zero attached hydrogens (tertiary/aromatic N) is 4. The van der Waals surface area contributed by atoms with Gasteiger partial charge < -0.3 is 29.6 Å². The number of aliphatic hydroxyl groups is 1. The van der Waals surface area contributed by atoms with Crippen molar-refractivity contribution in [2.45, 2.75) is 31.8 Å². The molecule has 2 aromatic carbocycles. The number of aryl methyl sites for hydroxylation is 1. The maximum absolute atomic E-state index is 13.2. The van der Waals surface area contributed by atoms with Gasteiger partial charge in [-0.25, -0.2) is 9.37 Å². The molecule has 1 fully saturated rings. The number of aliphatic hydroxyl groups excluding tert-OH is 1. The molecule has 1 aliphatic heterocycles. The number of rotatable bonds is 9. The number of hydrogen-bond acceptors (Lipinski definition) is 5. The summed E-state index contributed by atoms with van der Waals surface area (Å²) in [5, 5.41) is 10.4. The van der Waals surface area contributed by atoms with Crippen LogP contribution < -0.4 is 10.5 Å². The molecular weight excluding hydrogens is 473 g/mol. The number of halogens is 1. The molecule has 37 heavy (non-hydrogen) atoms. The third kappa shape index (κ3) is 4.26. The van der Waals surface area contributed by atoms with E-state index in [-0.39, 0.29) is 25.7 Å². The van der Waals surface area contributed by atoms with Gasteiger partial charge in [0.2, 0.25) is 0 Å². The number of fused-ring (bicyclic) bond motifs is 3. The lowest BCUT2D eigenvalue weighted by Gasteiger charge is -2.30. The van der Waals surface area contributed by atoms with Crippen LogP contribution in [0.5, 0.6) is 5.75 Å². The zero-order chi connectivity index (χ0) is 25.7. The van der Waals surface area contributed by atoms with E-state index in [4.69, 9.17) is 15.5 Å². The van der Waals surface area contributed by atoms with E-state index in [1.807, 2.05) is 25.2 Å². The minimum atomic E-state index is -0.671. The zero-order valence-corrected chi connectivity index (χ0v) is 21.0. The quantitative estimate of drug-likeness (QED) is 0.364. The van der Waals surface area contributed by atoms with Gasteiger partial charge in [-0.3, -0.25) is 4.79 Å². The summed E-state index contributed by atoms with van der Waals surface area (Å²) in [6, 6.07) is 11.4. The van der Waals surface area contributed by atoms with Crippen LogP contribution in [0.4, 0.5) is 4.39 Å². The first-order valence-corrected chi connectivity index (χ1v) is 12.9. The standard InChI is InChI=1S/C28H32FN5O3/c1-32-23-11-18-7-8-33(16-20(30)14-29)28(36)21(18)13-22(23)31-27(32)24-12-19-3-2-4-25(37-10-9-35)26(19)34(24)15-17-5-6-17/h2-4,11-13,17,20,35H,5-10,14-16,30H2,1H3/t20-/m1/s1. The van der Waals surface area contributed by atoms with Crippen molar-refractivity contribution in [2.24, 2.45) is 18.7 Å². The Hall–Kier alpha value is -3.43. The number of aromatic nitrogens is 3. The Labute approximate surface area is 214 Å². The van der Waals surface area contributed by atoms with Gasteiger partial charge in [0.25, 0.3) is 5.91 Å². The van der Waals surface area contributed by atoms with Crippen LogP contribution >= 0.6 is 0 Å². The maximum Gasteiger partial charge on any atom is 0.254 e. The topological polar surface area (TPSA) is 98.5 Å².